The first-order chi connectivity index (χ1) is 9.38. The average Bonchev–Trinajstić information content (AvgIpc) is 2.89. The second-order valence-electron chi connectivity index (χ2n) is 5.75. The highest BCUT2D eigenvalue weighted by Crippen LogP contribution is 2.26. The smallest absolute Gasteiger partial charge is 0.251 e. The molecule has 20 heavy (non-hydrogen) atoms. The topological polar surface area (TPSA) is 54.9 Å². The number of hydrogen-bond donors (Lipinski definition) is 1. The number of thiazole rings is 1. The summed E-state index contributed by atoms with van der Waals surface area (Å²) in [4.78, 5) is 20.6. The summed E-state index contributed by atoms with van der Waals surface area (Å²) in [5.41, 5.74) is 1.70. The number of carbonyl (C=O) groups is 1. The van der Waals surface area contributed by atoms with Crippen LogP contribution in [0.25, 0.3) is 0 Å². The fraction of sp³-hybridized carbons (Fsp3) is 0.400. The Bertz CT molecular complexity index is 587. The fourth-order valence-electron chi connectivity index (χ4n) is 1.68. The highest BCUT2D eigenvalue weighted by atomic mass is 32.1. The molecule has 0 aromatic carbocycles. The second-order valence-corrected chi connectivity index (χ2v) is 6.64. The maximum Gasteiger partial charge on any atom is 0.251 e. The molecule has 1 unspecified atom stereocenters. The SMILES string of the molecule is CC(NC(=O)c1ccncc1)c1nc(C(C)(C)C)cs1. The van der Waals surface area contributed by atoms with Crippen LogP contribution in [0.3, 0.4) is 0 Å². The number of hydrogen-bond acceptors (Lipinski definition) is 4. The molecule has 0 fully saturated rings. The molecule has 106 valence electrons. The number of nitrogens with one attached hydrogen (secondary N) is 1. The molecule has 2 aromatic rings. The highest BCUT2D eigenvalue weighted by Gasteiger charge is 2.20. The number of amides is 1. The molecule has 5 heteroatoms. The third kappa shape index (κ3) is 3.42. The van der Waals surface area contributed by atoms with E-state index >= 15 is 0 Å². The fourth-order valence-corrected chi connectivity index (χ4v) is 2.73. The summed E-state index contributed by atoms with van der Waals surface area (Å²) in [6, 6.07) is 3.30. The van der Waals surface area contributed by atoms with Crippen molar-refractivity contribution in [1.82, 2.24) is 15.3 Å². The van der Waals surface area contributed by atoms with Crippen LogP contribution >= 0.6 is 11.3 Å². The van der Waals surface area contributed by atoms with E-state index in [1.165, 1.54) is 0 Å². The van der Waals surface area contributed by atoms with Crippen LogP contribution < -0.4 is 5.32 Å². The van der Waals surface area contributed by atoms with Crippen molar-refractivity contribution in [2.24, 2.45) is 0 Å². The summed E-state index contributed by atoms with van der Waals surface area (Å²) in [5, 5.41) is 5.95. The molecule has 0 saturated carbocycles. The quantitative estimate of drug-likeness (QED) is 0.943. The van der Waals surface area contributed by atoms with Crippen molar-refractivity contribution in [3.8, 4) is 0 Å². The minimum absolute atomic E-state index is 0.0313. The van der Waals surface area contributed by atoms with Gasteiger partial charge >= 0.3 is 0 Å². The molecule has 0 aliphatic rings. The maximum atomic E-state index is 12.1. The number of carbonyl (C=O) groups excluding carboxylic acids is 1. The third-order valence-corrected chi connectivity index (χ3v) is 3.98. The van der Waals surface area contributed by atoms with E-state index in [0.717, 1.165) is 10.7 Å². The van der Waals surface area contributed by atoms with Crippen LogP contribution in [0.15, 0.2) is 29.9 Å². The van der Waals surface area contributed by atoms with Crippen LogP contribution in [-0.4, -0.2) is 15.9 Å². The van der Waals surface area contributed by atoms with E-state index < -0.39 is 0 Å². The molecule has 2 heterocycles. The minimum atomic E-state index is -0.104. The van der Waals surface area contributed by atoms with Crippen LogP contribution in [0, 0.1) is 0 Å². The van der Waals surface area contributed by atoms with Gasteiger partial charge in [0.2, 0.25) is 0 Å². The van der Waals surface area contributed by atoms with E-state index in [2.05, 4.69) is 41.4 Å². The van der Waals surface area contributed by atoms with Crippen molar-refractivity contribution < 1.29 is 4.79 Å². The Hall–Kier alpha value is -1.75. The predicted octanol–water partition coefficient (Wildman–Crippen LogP) is 3.33. The molecule has 1 amide bonds. The van der Waals surface area contributed by atoms with E-state index in [4.69, 9.17) is 0 Å². The number of nitrogens with zero attached hydrogens (tertiary/aromatic N) is 2. The van der Waals surface area contributed by atoms with Gasteiger partial charge < -0.3 is 5.32 Å². The number of rotatable bonds is 3. The molecule has 0 radical (unpaired) electrons. The Balaban J connectivity index is 2.07. The monoisotopic (exact) mass is 289 g/mol. The largest absolute Gasteiger partial charge is 0.343 e. The van der Waals surface area contributed by atoms with E-state index in [9.17, 15) is 4.79 Å². The molecule has 0 bridgehead atoms. The molecule has 2 aromatic heterocycles. The minimum Gasteiger partial charge on any atom is -0.343 e. The van der Waals surface area contributed by atoms with Gasteiger partial charge in [-0.1, -0.05) is 20.8 Å². The van der Waals surface area contributed by atoms with Gasteiger partial charge in [0.15, 0.2) is 0 Å². The molecular formula is C15H19N3OS. The molecule has 1 N–H and O–H groups in total. The lowest BCUT2D eigenvalue weighted by Gasteiger charge is -2.15. The summed E-state index contributed by atoms with van der Waals surface area (Å²) in [6.45, 7) is 8.34. The van der Waals surface area contributed by atoms with Crippen molar-refractivity contribution in [2.45, 2.75) is 39.2 Å². The van der Waals surface area contributed by atoms with Gasteiger partial charge in [-0.15, -0.1) is 11.3 Å². The molecule has 4 nitrogen and oxygen atoms in total. The summed E-state index contributed by atoms with van der Waals surface area (Å²) in [6.07, 6.45) is 3.22. The van der Waals surface area contributed by atoms with Crippen LogP contribution in [0.4, 0.5) is 0 Å². The summed E-state index contributed by atoms with van der Waals surface area (Å²) < 4.78 is 0. The van der Waals surface area contributed by atoms with Crippen molar-refractivity contribution in [1.29, 1.82) is 0 Å². The van der Waals surface area contributed by atoms with Gasteiger partial charge in [-0.3, -0.25) is 9.78 Å². The second kappa shape index (κ2) is 5.71. The lowest BCUT2D eigenvalue weighted by molar-refractivity contribution is 0.0939. The van der Waals surface area contributed by atoms with Crippen molar-refractivity contribution in [3.63, 3.8) is 0 Å². The van der Waals surface area contributed by atoms with Gasteiger partial charge in [0.25, 0.3) is 5.91 Å². The van der Waals surface area contributed by atoms with Crippen molar-refractivity contribution in [3.05, 3.63) is 46.2 Å². The van der Waals surface area contributed by atoms with E-state index in [0.29, 0.717) is 5.56 Å². The molecule has 0 saturated heterocycles. The maximum absolute atomic E-state index is 12.1. The Morgan fingerprint density at radius 3 is 2.50 bits per heavy atom. The molecule has 2 rings (SSSR count). The number of pyridine rings is 1. The first-order valence-corrected chi connectivity index (χ1v) is 7.42. The molecule has 1 atom stereocenters. The van der Waals surface area contributed by atoms with Gasteiger partial charge in [-0.2, -0.15) is 0 Å². The Kier molecular flexibility index (Phi) is 4.18. The van der Waals surface area contributed by atoms with Crippen molar-refractivity contribution in [2.75, 3.05) is 0 Å². The van der Waals surface area contributed by atoms with Gasteiger partial charge in [0.1, 0.15) is 5.01 Å². The number of aromatic nitrogens is 2. The van der Waals surface area contributed by atoms with E-state index in [-0.39, 0.29) is 17.4 Å². The lowest BCUT2D eigenvalue weighted by atomic mass is 9.93. The molecule has 0 aliphatic carbocycles. The molecular weight excluding hydrogens is 270 g/mol. The predicted molar refractivity (Wildman–Crippen MR) is 80.9 cm³/mol. The standard InChI is InChI=1S/C15H19N3OS/c1-10(14-18-12(9-20-14)15(2,3)4)17-13(19)11-5-7-16-8-6-11/h5-10H,1-4H3,(H,17,19). The summed E-state index contributed by atoms with van der Waals surface area (Å²) in [7, 11) is 0. The zero-order valence-electron chi connectivity index (χ0n) is 12.2. The average molecular weight is 289 g/mol. The van der Waals surface area contributed by atoms with Crippen LogP contribution in [0.2, 0.25) is 0 Å². The molecule has 0 spiro atoms. The Morgan fingerprint density at radius 1 is 1.30 bits per heavy atom. The first-order valence-electron chi connectivity index (χ1n) is 6.54. The summed E-state index contributed by atoms with van der Waals surface area (Å²) in [5.74, 6) is -0.104. The van der Waals surface area contributed by atoms with E-state index in [1.54, 1.807) is 35.9 Å². The Morgan fingerprint density at radius 2 is 1.95 bits per heavy atom. The Labute approximate surface area is 123 Å². The normalized spacial score (nSPS) is 13.0. The zero-order chi connectivity index (χ0) is 14.8. The van der Waals surface area contributed by atoms with Crippen LogP contribution in [-0.2, 0) is 5.41 Å². The van der Waals surface area contributed by atoms with Gasteiger partial charge in [0, 0.05) is 28.8 Å². The third-order valence-electron chi connectivity index (χ3n) is 2.95. The zero-order valence-corrected chi connectivity index (χ0v) is 13.0. The van der Waals surface area contributed by atoms with Gasteiger partial charge in [-0.05, 0) is 19.1 Å². The highest BCUT2D eigenvalue weighted by molar-refractivity contribution is 7.09. The lowest BCUT2D eigenvalue weighted by Crippen LogP contribution is -2.26. The summed E-state index contributed by atoms with van der Waals surface area (Å²) >= 11 is 1.58. The van der Waals surface area contributed by atoms with Gasteiger partial charge in [0.05, 0.1) is 11.7 Å². The van der Waals surface area contributed by atoms with E-state index in [1.807, 2.05) is 6.92 Å². The van der Waals surface area contributed by atoms with Crippen LogP contribution in [0.5, 0.6) is 0 Å². The van der Waals surface area contributed by atoms with Crippen molar-refractivity contribution >= 4 is 17.2 Å². The van der Waals surface area contributed by atoms with Crippen LogP contribution in [0.1, 0.15) is 54.8 Å². The first kappa shape index (κ1) is 14.7. The molecule has 0 aliphatic heterocycles. The van der Waals surface area contributed by atoms with Gasteiger partial charge in [-0.25, -0.2) is 4.98 Å².